The molecule has 1 amide bonds. The molecule has 166 valence electrons. The van der Waals surface area contributed by atoms with Crippen LogP contribution in [0.4, 0.5) is 0 Å². The van der Waals surface area contributed by atoms with Gasteiger partial charge in [-0.1, -0.05) is 30.3 Å². The number of hydrogen-bond acceptors (Lipinski definition) is 6. The Labute approximate surface area is 195 Å². The Bertz CT molecular complexity index is 1100. The molecule has 0 aliphatic rings. The van der Waals surface area contributed by atoms with Crippen LogP contribution in [0.2, 0.25) is 0 Å². The quantitative estimate of drug-likeness (QED) is 0.338. The van der Waals surface area contributed by atoms with E-state index in [4.69, 9.17) is 18.9 Å². The Morgan fingerprint density at radius 2 is 1.72 bits per heavy atom. The molecule has 0 fully saturated rings. The second kappa shape index (κ2) is 11.2. The first kappa shape index (κ1) is 23.1. The summed E-state index contributed by atoms with van der Waals surface area (Å²) in [7, 11) is 4.60. The van der Waals surface area contributed by atoms with Gasteiger partial charge in [0.1, 0.15) is 18.1 Å². The summed E-state index contributed by atoms with van der Waals surface area (Å²) in [4.78, 5) is 12.5. The van der Waals surface area contributed by atoms with Crippen molar-refractivity contribution in [3.8, 4) is 23.0 Å². The lowest BCUT2D eigenvalue weighted by Gasteiger charge is -2.13. The number of ether oxygens (including phenoxy) is 4. The van der Waals surface area contributed by atoms with E-state index in [2.05, 4.69) is 26.5 Å². The molecule has 0 saturated heterocycles. The summed E-state index contributed by atoms with van der Waals surface area (Å²) in [5.41, 5.74) is 4.60. The van der Waals surface area contributed by atoms with Crippen molar-refractivity contribution < 1.29 is 23.7 Å². The molecule has 0 unspecified atom stereocenters. The van der Waals surface area contributed by atoms with E-state index in [1.807, 2.05) is 36.4 Å². The predicted molar refractivity (Wildman–Crippen MR) is 126 cm³/mol. The van der Waals surface area contributed by atoms with Crippen LogP contribution >= 0.6 is 15.9 Å². The minimum Gasteiger partial charge on any atom is -0.497 e. The van der Waals surface area contributed by atoms with Gasteiger partial charge in [-0.3, -0.25) is 4.79 Å². The highest BCUT2D eigenvalue weighted by atomic mass is 79.9. The van der Waals surface area contributed by atoms with Gasteiger partial charge in [-0.15, -0.1) is 0 Å². The lowest BCUT2D eigenvalue weighted by molar-refractivity contribution is 0.0952. The Morgan fingerprint density at radius 3 is 2.41 bits per heavy atom. The third kappa shape index (κ3) is 5.79. The van der Waals surface area contributed by atoms with Crippen molar-refractivity contribution in [3.63, 3.8) is 0 Å². The second-order valence-corrected chi connectivity index (χ2v) is 7.43. The second-order valence-electron chi connectivity index (χ2n) is 6.57. The van der Waals surface area contributed by atoms with Crippen LogP contribution < -0.4 is 24.4 Å². The third-order valence-corrected chi connectivity index (χ3v) is 5.10. The van der Waals surface area contributed by atoms with Gasteiger partial charge in [0.05, 0.1) is 37.6 Å². The first-order chi connectivity index (χ1) is 15.5. The lowest BCUT2D eigenvalue weighted by atomic mass is 10.2. The molecule has 0 aromatic heterocycles. The average Bonchev–Trinajstić information content (AvgIpc) is 2.83. The zero-order valence-electron chi connectivity index (χ0n) is 17.9. The van der Waals surface area contributed by atoms with Crippen LogP contribution in [0.5, 0.6) is 23.0 Å². The summed E-state index contributed by atoms with van der Waals surface area (Å²) < 4.78 is 22.5. The standard InChI is InChI=1S/C24H23BrN2O5/c1-29-18-9-10-19(21(13-18)30-2)24(28)27-26-14-17-11-20(25)23(22(12-17)31-3)32-15-16-7-5-4-6-8-16/h4-14H,15H2,1-3H3,(H,27,28). The van der Waals surface area contributed by atoms with Gasteiger partial charge in [0.25, 0.3) is 5.91 Å². The van der Waals surface area contributed by atoms with Crippen molar-refractivity contribution in [1.82, 2.24) is 5.43 Å². The molecule has 32 heavy (non-hydrogen) atoms. The number of nitrogens with zero attached hydrogens (tertiary/aromatic N) is 1. The number of rotatable bonds is 9. The maximum absolute atomic E-state index is 12.5. The van der Waals surface area contributed by atoms with Crippen LogP contribution in [0, 0.1) is 0 Å². The van der Waals surface area contributed by atoms with Crippen LogP contribution in [0.1, 0.15) is 21.5 Å². The van der Waals surface area contributed by atoms with E-state index in [0.29, 0.717) is 45.2 Å². The van der Waals surface area contributed by atoms with Gasteiger partial charge < -0.3 is 18.9 Å². The minimum atomic E-state index is -0.408. The van der Waals surface area contributed by atoms with Crippen molar-refractivity contribution in [1.29, 1.82) is 0 Å². The molecule has 7 nitrogen and oxygen atoms in total. The number of methoxy groups -OCH3 is 3. The highest BCUT2D eigenvalue weighted by Gasteiger charge is 2.14. The Morgan fingerprint density at radius 1 is 0.969 bits per heavy atom. The molecule has 0 heterocycles. The fraction of sp³-hybridized carbons (Fsp3) is 0.167. The average molecular weight is 499 g/mol. The smallest absolute Gasteiger partial charge is 0.275 e. The zero-order valence-corrected chi connectivity index (χ0v) is 19.5. The molecule has 0 atom stereocenters. The van der Waals surface area contributed by atoms with E-state index in [0.717, 1.165) is 5.56 Å². The fourth-order valence-electron chi connectivity index (χ4n) is 2.90. The summed E-state index contributed by atoms with van der Waals surface area (Å²) in [5, 5.41) is 4.05. The van der Waals surface area contributed by atoms with Crippen LogP contribution in [-0.2, 0) is 6.61 Å². The van der Waals surface area contributed by atoms with Crippen molar-refractivity contribution in [2.75, 3.05) is 21.3 Å². The number of benzene rings is 3. The van der Waals surface area contributed by atoms with E-state index in [1.165, 1.54) is 13.3 Å². The van der Waals surface area contributed by atoms with Crippen molar-refractivity contribution >= 4 is 28.1 Å². The number of amides is 1. The lowest BCUT2D eigenvalue weighted by Crippen LogP contribution is -2.18. The van der Waals surface area contributed by atoms with E-state index in [1.54, 1.807) is 38.5 Å². The van der Waals surface area contributed by atoms with Crippen molar-refractivity contribution in [2.45, 2.75) is 6.61 Å². The van der Waals surface area contributed by atoms with Crippen molar-refractivity contribution in [2.24, 2.45) is 5.10 Å². The van der Waals surface area contributed by atoms with Gasteiger partial charge in [0.2, 0.25) is 0 Å². The molecular formula is C24H23BrN2O5. The monoisotopic (exact) mass is 498 g/mol. The number of hydrogen-bond donors (Lipinski definition) is 1. The molecule has 0 bridgehead atoms. The molecule has 8 heteroatoms. The molecule has 0 spiro atoms. The Balaban J connectivity index is 1.70. The molecule has 0 saturated carbocycles. The van der Waals surface area contributed by atoms with Gasteiger partial charge in [-0.25, -0.2) is 5.43 Å². The van der Waals surface area contributed by atoms with Crippen LogP contribution in [0.3, 0.4) is 0 Å². The molecular weight excluding hydrogens is 476 g/mol. The van der Waals surface area contributed by atoms with E-state index < -0.39 is 5.91 Å². The summed E-state index contributed by atoms with van der Waals surface area (Å²) in [6.45, 7) is 0.406. The SMILES string of the molecule is COc1ccc(C(=O)NN=Cc2cc(Br)c(OCc3ccccc3)c(OC)c2)c(OC)c1. The molecule has 3 aromatic rings. The van der Waals surface area contributed by atoms with Gasteiger partial charge in [-0.05, 0) is 51.3 Å². The maximum atomic E-state index is 12.5. The first-order valence-corrected chi connectivity index (χ1v) is 10.4. The van der Waals surface area contributed by atoms with Gasteiger partial charge in [0.15, 0.2) is 11.5 Å². The number of halogens is 1. The highest BCUT2D eigenvalue weighted by Crippen LogP contribution is 2.36. The maximum Gasteiger partial charge on any atom is 0.275 e. The largest absolute Gasteiger partial charge is 0.497 e. The van der Waals surface area contributed by atoms with E-state index in [9.17, 15) is 4.79 Å². The molecule has 0 aliphatic carbocycles. The molecule has 0 aliphatic heterocycles. The number of nitrogens with one attached hydrogen (secondary N) is 1. The van der Waals surface area contributed by atoms with Gasteiger partial charge in [-0.2, -0.15) is 5.10 Å². The molecule has 0 radical (unpaired) electrons. The van der Waals surface area contributed by atoms with Gasteiger partial charge in [0, 0.05) is 6.07 Å². The first-order valence-electron chi connectivity index (χ1n) is 9.65. The predicted octanol–water partition coefficient (Wildman–Crippen LogP) is 4.82. The van der Waals surface area contributed by atoms with Crippen LogP contribution in [0.15, 0.2) is 70.2 Å². The number of hydrazone groups is 1. The summed E-state index contributed by atoms with van der Waals surface area (Å²) >= 11 is 3.52. The summed E-state index contributed by atoms with van der Waals surface area (Å²) in [6.07, 6.45) is 1.52. The van der Waals surface area contributed by atoms with E-state index in [-0.39, 0.29) is 0 Å². The Hall–Kier alpha value is -3.52. The van der Waals surface area contributed by atoms with Gasteiger partial charge >= 0.3 is 0 Å². The van der Waals surface area contributed by atoms with Crippen LogP contribution in [0.25, 0.3) is 0 Å². The topological polar surface area (TPSA) is 78.4 Å². The molecule has 1 N–H and O–H groups in total. The van der Waals surface area contributed by atoms with E-state index >= 15 is 0 Å². The number of carbonyl (C=O) groups is 1. The Kier molecular flexibility index (Phi) is 8.10. The zero-order chi connectivity index (χ0) is 22.9. The minimum absolute atomic E-state index is 0.342. The van der Waals surface area contributed by atoms with Crippen molar-refractivity contribution in [3.05, 3.63) is 81.8 Å². The third-order valence-electron chi connectivity index (χ3n) is 4.51. The molecule has 3 aromatic carbocycles. The molecule has 3 rings (SSSR count). The summed E-state index contributed by atoms with van der Waals surface area (Å²) in [6, 6.07) is 18.4. The number of carbonyl (C=O) groups excluding carboxylic acids is 1. The summed E-state index contributed by atoms with van der Waals surface area (Å²) in [5.74, 6) is 1.70. The highest BCUT2D eigenvalue weighted by molar-refractivity contribution is 9.10. The fourth-order valence-corrected chi connectivity index (χ4v) is 3.47. The van der Waals surface area contributed by atoms with Crippen LogP contribution in [-0.4, -0.2) is 33.5 Å². The normalized spacial score (nSPS) is 10.6.